The fraction of sp³-hybridized carbons (Fsp3) is 0.846. The Morgan fingerprint density at radius 2 is 1.90 bits per heavy atom. The Kier molecular flexibility index (Phi) is 4.19. The van der Waals surface area contributed by atoms with Gasteiger partial charge < -0.3 is 15.3 Å². The number of carboxylic acids is 1. The molecule has 0 bridgehead atoms. The minimum absolute atomic E-state index is 0.00703. The molecule has 120 valence electrons. The Balaban J connectivity index is 2.08. The minimum atomic E-state index is -3.17. The number of aliphatic carboxylic acids is 1. The van der Waals surface area contributed by atoms with E-state index in [1.54, 1.807) is 0 Å². The Morgan fingerprint density at radius 1 is 1.29 bits per heavy atom. The van der Waals surface area contributed by atoms with E-state index >= 15 is 0 Å². The van der Waals surface area contributed by atoms with Crippen molar-refractivity contribution >= 4 is 21.8 Å². The van der Waals surface area contributed by atoms with Gasteiger partial charge in [-0.15, -0.1) is 0 Å². The summed E-state index contributed by atoms with van der Waals surface area (Å²) in [5.41, 5.74) is -0.398. The van der Waals surface area contributed by atoms with Gasteiger partial charge in [0.15, 0.2) is 9.84 Å². The third-order valence-corrected chi connectivity index (χ3v) is 5.99. The number of amides is 2. The molecule has 8 heteroatoms. The molecule has 0 spiro atoms. The number of hydrogen-bond acceptors (Lipinski definition) is 4. The minimum Gasteiger partial charge on any atom is -0.480 e. The summed E-state index contributed by atoms with van der Waals surface area (Å²) in [6.45, 7) is 3.34. The highest BCUT2D eigenvalue weighted by molar-refractivity contribution is 7.91. The van der Waals surface area contributed by atoms with Gasteiger partial charge in [0, 0.05) is 11.6 Å². The molecule has 1 aliphatic heterocycles. The molecule has 0 radical (unpaired) electrons. The predicted octanol–water partition coefficient (Wildman–Crippen LogP) is 0.458. The molecule has 21 heavy (non-hydrogen) atoms. The van der Waals surface area contributed by atoms with Crippen LogP contribution in [0, 0.1) is 5.92 Å². The smallest absolute Gasteiger partial charge is 0.323 e. The van der Waals surface area contributed by atoms with Crippen LogP contribution in [0.1, 0.15) is 33.1 Å². The van der Waals surface area contributed by atoms with Gasteiger partial charge in [-0.2, -0.15) is 0 Å². The van der Waals surface area contributed by atoms with Crippen LogP contribution in [-0.4, -0.2) is 60.1 Å². The van der Waals surface area contributed by atoms with E-state index in [0.29, 0.717) is 12.3 Å². The fourth-order valence-electron chi connectivity index (χ4n) is 2.79. The maximum absolute atomic E-state index is 12.4. The first kappa shape index (κ1) is 16.1. The van der Waals surface area contributed by atoms with Crippen LogP contribution >= 0.6 is 0 Å². The van der Waals surface area contributed by atoms with Crippen molar-refractivity contribution in [3.05, 3.63) is 0 Å². The summed E-state index contributed by atoms with van der Waals surface area (Å²) in [6, 6.07) is -1.04. The lowest BCUT2D eigenvalue weighted by atomic mass is 9.99. The molecule has 2 aliphatic rings. The van der Waals surface area contributed by atoms with E-state index in [4.69, 9.17) is 5.11 Å². The highest BCUT2D eigenvalue weighted by Gasteiger charge is 2.42. The first-order valence-electron chi connectivity index (χ1n) is 7.12. The molecule has 1 atom stereocenters. The highest BCUT2D eigenvalue weighted by atomic mass is 32.2. The predicted molar refractivity (Wildman–Crippen MR) is 76.7 cm³/mol. The summed E-state index contributed by atoms with van der Waals surface area (Å²) in [4.78, 5) is 24.5. The van der Waals surface area contributed by atoms with Crippen molar-refractivity contribution in [1.29, 1.82) is 0 Å². The van der Waals surface area contributed by atoms with Crippen LogP contribution in [0.25, 0.3) is 0 Å². The standard InChI is InChI=1S/C13H22N2O5S/c1-13(2,9-3-4-9)14-12(18)15(7-11(16)17)10-5-6-21(19,20)8-10/h9-10H,3-8H2,1-2H3,(H,14,18)(H,16,17). The SMILES string of the molecule is CC(C)(NC(=O)N(CC(=O)O)C1CCS(=O)(=O)C1)C1CC1. The number of carbonyl (C=O) groups excluding carboxylic acids is 1. The average molecular weight is 318 g/mol. The van der Waals surface area contributed by atoms with E-state index in [2.05, 4.69) is 5.32 Å². The van der Waals surface area contributed by atoms with Crippen molar-refractivity contribution in [2.45, 2.75) is 44.7 Å². The third-order valence-electron chi connectivity index (χ3n) is 4.24. The highest BCUT2D eigenvalue weighted by Crippen LogP contribution is 2.39. The molecule has 0 aromatic rings. The molecular formula is C13H22N2O5S. The number of nitrogens with zero attached hydrogens (tertiary/aromatic N) is 1. The van der Waals surface area contributed by atoms with Crippen molar-refractivity contribution in [1.82, 2.24) is 10.2 Å². The second kappa shape index (κ2) is 5.47. The molecule has 7 nitrogen and oxygen atoms in total. The van der Waals surface area contributed by atoms with Crippen molar-refractivity contribution in [3.8, 4) is 0 Å². The lowest BCUT2D eigenvalue weighted by molar-refractivity contribution is -0.138. The van der Waals surface area contributed by atoms with Gasteiger partial charge in [0.25, 0.3) is 0 Å². The summed E-state index contributed by atoms with van der Waals surface area (Å²) in [5, 5.41) is 11.8. The van der Waals surface area contributed by atoms with Crippen molar-refractivity contribution in [2.24, 2.45) is 5.92 Å². The largest absolute Gasteiger partial charge is 0.480 e. The maximum atomic E-state index is 12.4. The van der Waals surface area contributed by atoms with Gasteiger partial charge in [-0.3, -0.25) is 4.79 Å². The number of carbonyl (C=O) groups is 2. The van der Waals surface area contributed by atoms with Crippen LogP contribution < -0.4 is 5.32 Å². The zero-order chi connectivity index (χ0) is 15.8. The molecule has 2 amide bonds. The monoisotopic (exact) mass is 318 g/mol. The maximum Gasteiger partial charge on any atom is 0.323 e. The molecule has 1 unspecified atom stereocenters. The number of sulfone groups is 1. The number of nitrogens with one attached hydrogen (secondary N) is 1. The van der Waals surface area contributed by atoms with Crippen molar-refractivity contribution in [2.75, 3.05) is 18.1 Å². The molecule has 1 aliphatic carbocycles. The second-order valence-electron chi connectivity index (χ2n) is 6.50. The van der Waals surface area contributed by atoms with Gasteiger partial charge in [0.2, 0.25) is 0 Å². The molecule has 1 saturated carbocycles. The zero-order valence-electron chi connectivity index (χ0n) is 12.3. The molecular weight excluding hydrogens is 296 g/mol. The fourth-order valence-corrected chi connectivity index (χ4v) is 4.52. The normalized spacial score (nSPS) is 24.6. The third kappa shape index (κ3) is 4.09. The first-order valence-corrected chi connectivity index (χ1v) is 8.94. The van der Waals surface area contributed by atoms with Gasteiger partial charge >= 0.3 is 12.0 Å². The van der Waals surface area contributed by atoms with Crippen LogP contribution in [0.3, 0.4) is 0 Å². The number of rotatable bonds is 5. The lowest BCUT2D eigenvalue weighted by Gasteiger charge is -2.33. The van der Waals surface area contributed by atoms with Crippen LogP contribution in [0.4, 0.5) is 4.79 Å². The molecule has 2 N–H and O–H groups in total. The van der Waals surface area contributed by atoms with Crippen LogP contribution in [0.15, 0.2) is 0 Å². The van der Waals surface area contributed by atoms with E-state index in [1.165, 1.54) is 0 Å². The summed E-state index contributed by atoms with van der Waals surface area (Å²) in [6.07, 6.45) is 2.39. The molecule has 1 heterocycles. The molecule has 1 saturated heterocycles. The molecule has 0 aromatic heterocycles. The quantitative estimate of drug-likeness (QED) is 0.766. The van der Waals surface area contributed by atoms with E-state index in [-0.39, 0.29) is 11.5 Å². The van der Waals surface area contributed by atoms with Crippen LogP contribution in [0.2, 0.25) is 0 Å². The second-order valence-corrected chi connectivity index (χ2v) is 8.73. The van der Waals surface area contributed by atoms with E-state index in [9.17, 15) is 18.0 Å². The molecule has 2 fully saturated rings. The Bertz CT molecular complexity index is 539. The van der Waals surface area contributed by atoms with Gasteiger partial charge in [0.05, 0.1) is 11.5 Å². The Labute approximate surface area is 124 Å². The number of carboxylic acid groups (broad SMARTS) is 1. The summed E-state index contributed by atoms with van der Waals surface area (Å²) in [5.74, 6) is -0.885. The van der Waals surface area contributed by atoms with E-state index in [1.807, 2.05) is 13.8 Å². The average Bonchev–Trinajstić information content (AvgIpc) is 3.11. The Morgan fingerprint density at radius 3 is 2.33 bits per heavy atom. The number of hydrogen-bond donors (Lipinski definition) is 2. The van der Waals surface area contributed by atoms with Crippen LogP contribution in [-0.2, 0) is 14.6 Å². The van der Waals surface area contributed by atoms with Gasteiger partial charge in [-0.05, 0) is 39.0 Å². The zero-order valence-corrected chi connectivity index (χ0v) is 13.1. The van der Waals surface area contributed by atoms with Gasteiger partial charge in [0.1, 0.15) is 6.54 Å². The first-order chi connectivity index (χ1) is 9.61. The summed E-state index contributed by atoms with van der Waals surface area (Å²) < 4.78 is 23.1. The Hall–Kier alpha value is -1.31. The van der Waals surface area contributed by atoms with Crippen molar-refractivity contribution < 1.29 is 23.1 Å². The lowest BCUT2D eigenvalue weighted by Crippen LogP contribution is -2.55. The van der Waals surface area contributed by atoms with E-state index in [0.717, 1.165) is 17.7 Å². The summed E-state index contributed by atoms with van der Waals surface area (Å²) in [7, 11) is -3.17. The van der Waals surface area contributed by atoms with Crippen LogP contribution in [0.5, 0.6) is 0 Å². The molecule has 2 rings (SSSR count). The van der Waals surface area contributed by atoms with Crippen molar-refractivity contribution in [3.63, 3.8) is 0 Å². The van der Waals surface area contributed by atoms with Gasteiger partial charge in [-0.1, -0.05) is 0 Å². The summed E-state index contributed by atoms with van der Waals surface area (Å²) >= 11 is 0. The van der Waals surface area contributed by atoms with Gasteiger partial charge in [-0.25, -0.2) is 13.2 Å². The number of urea groups is 1. The molecule has 0 aromatic carbocycles. The van der Waals surface area contributed by atoms with E-state index < -0.39 is 40.0 Å². The topological polar surface area (TPSA) is 104 Å².